The molecule has 0 aliphatic rings. The molecule has 0 saturated carbocycles. The molecule has 12 heavy (non-hydrogen) atoms. The molecule has 0 aromatic heterocycles. The molecule has 0 spiro atoms. The largest absolute Gasteiger partial charge is 0.325 e. The monoisotopic (exact) mass is 211 g/mol. The molecule has 0 rings (SSSR count). The second-order valence-corrected chi connectivity index (χ2v) is 6.74. The Kier molecular flexibility index (Phi) is 4.58. The molecule has 0 unspecified atom stereocenters. The molecular weight excluding hydrogens is 194 g/mol. The highest BCUT2D eigenvalue weighted by Gasteiger charge is 2.21. The Bertz CT molecular complexity index is 216. The van der Waals surface area contributed by atoms with Crippen molar-refractivity contribution >= 4 is 21.6 Å². The quantitative estimate of drug-likeness (QED) is 0.719. The molecule has 0 bridgehead atoms. The van der Waals surface area contributed by atoms with E-state index in [0.717, 1.165) is 0 Å². The maximum atomic E-state index is 11.3. The molecule has 5 heteroatoms. The normalized spacial score (nSPS) is 13.3. The van der Waals surface area contributed by atoms with E-state index in [1.54, 1.807) is 13.8 Å². The van der Waals surface area contributed by atoms with Crippen LogP contribution in [0.1, 0.15) is 13.8 Å². The van der Waals surface area contributed by atoms with Gasteiger partial charge >= 0.3 is 0 Å². The fourth-order valence-corrected chi connectivity index (χ4v) is 3.81. The van der Waals surface area contributed by atoms with Gasteiger partial charge in [-0.25, -0.2) is 8.42 Å². The van der Waals surface area contributed by atoms with E-state index in [2.05, 4.69) is 0 Å². The van der Waals surface area contributed by atoms with E-state index in [1.807, 2.05) is 6.26 Å². The summed E-state index contributed by atoms with van der Waals surface area (Å²) in [4.78, 5) is 0. The van der Waals surface area contributed by atoms with E-state index in [0.29, 0.717) is 5.75 Å². The zero-order valence-corrected chi connectivity index (χ0v) is 9.46. The molecule has 0 amide bonds. The summed E-state index contributed by atoms with van der Waals surface area (Å²) in [5.41, 5.74) is 4.99. The number of sulfone groups is 1. The van der Waals surface area contributed by atoms with Crippen LogP contribution in [0.2, 0.25) is 0 Å². The van der Waals surface area contributed by atoms with Crippen molar-refractivity contribution in [1.29, 1.82) is 0 Å². The van der Waals surface area contributed by atoms with E-state index in [-0.39, 0.29) is 11.5 Å². The lowest BCUT2D eigenvalue weighted by Crippen LogP contribution is -2.40. The van der Waals surface area contributed by atoms with Crippen LogP contribution < -0.4 is 5.73 Å². The number of nitrogens with two attached hydrogens (primary N) is 1. The summed E-state index contributed by atoms with van der Waals surface area (Å²) < 4.78 is 22.6. The highest BCUT2D eigenvalue weighted by atomic mass is 32.2. The van der Waals surface area contributed by atoms with E-state index in [9.17, 15) is 8.42 Å². The highest BCUT2D eigenvalue weighted by Crippen LogP contribution is 2.05. The fourth-order valence-electron chi connectivity index (χ4n) is 0.849. The minimum absolute atomic E-state index is 0.0700. The first kappa shape index (κ1) is 12.3. The van der Waals surface area contributed by atoms with Gasteiger partial charge in [0.15, 0.2) is 9.84 Å². The average molecular weight is 211 g/mol. The van der Waals surface area contributed by atoms with Crippen LogP contribution in [0.3, 0.4) is 0 Å². The molecule has 0 radical (unpaired) electrons. The lowest BCUT2D eigenvalue weighted by molar-refractivity contribution is 0.545. The third kappa shape index (κ3) is 6.94. The zero-order chi connectivity index (χ0) is 9.83. The summed E-state index contributed by atoms with van der Waals surface area (Å²) in [5.74, 6) is 0.952. The van der Waals surface area contributed by atoms with Gasteiger partial charge in [0.2, 0.25) is 0 Å². The summed E-state index contributed by atoms with van der Waals surface area (Å²) in [6, 6.07) is 0. The predicted octanol–water partition coefficient (Wildman–Crippen LogP) is 0.502. The Morgan fingerprint density at radius 1 is 1.42 bits per heavy atom. The Morgan fingerprint density at radius 2 is 1.92 bits per heavy atom. The van der Waals surface area contributed by atoms with Gasteiger partial charge in [0, 0.05) is 11.3 Å². The van der Waals surface area contributed by atoms with Gasteiger partial charge < -0.3 is 5.73 Å². The van der Waals surface area contributed by atoms with Gasteiger partial charge in [0.05, 0.1) is 11.5 Å². The molecule has 2 N–H and O–H groups in total. The SMILES string of the molecule is CSCCS(=O)(=O)CC(C)(C)N. The summed E-state index contributed by atoms with van der Waals surface area (Å²) in [7, 11) is -2.95. The van der Waals surface area contributed by atoms with Crippen LogP contribution in [0.15, 0.2) is 0 Å². The van der Waals surface area contributed by atoms with Crippen LogP contribution in [0.25, 0.3) is 0 Å². The van der Waals surface area contributed by atoms with Crippen LogP contribution in [-0.4, -0.2) is 37.5 Å². The molecule has 0 aliphatic carbocycles. The standard InChI is InChI=1S/C7H17NO2S2/c1-7(2,8)6-12(9,10)5-4-11-3/h4-6,8H2,1-3H3. The minimum Gasteiger partial charge on any atom is -0.325 e. The molecule has 0 saturated heterocycles. The molecule has 0 aromatic rings. The van der Waals surface area contributed by atoms with Crippen molar-refractivity contribution in [1.82, 2.24) is 0 Å². The van der Waals surface area contributed by atoms with Crippen LogP contribution in [-0.2, 0) is 9.84 Å². The van der Waals surface area contributed by atoms with E-state index >= 15 is 0 Å². The topological polar surface area (TPSA) is 60.2 Å². The van der Waals surface area contributed by atoms with Gasteiger partial charge in [0.25, 0.3) is 0 Å². The van der Waals surface area contributed by atoms with E-state index in [4.69, 9.17) is 5.73 Å². The number of rotatable bonds is 5. The van der Waals surface area contributed by atoms with Gasteiger partial charge in [-0.15, -0.1) is 0 Å². The smallest absolute Gasteiger partial charge is 0.152 e. The van der Waals surface area contributed by atoms with Crippen LogP contribution in [0.5, 0.6) is 0 Å². The lowest BCUT2D eigenvalue weighted by atomic mass is 10.1. The molecule has 3 nitrogen and oxygen atoms in total. The third-order valence-corrected chi connectivity index (χ3v) is 4.07. The van der Waals surface area contributed by atoms with Crippen molar-refractivity contribution in [2.75, 3.05) is 23.5 Å². The second kappa shape index (κ2) is 4.48. The van der Waals surface area contributed by atoms with Gasteiger partial charge in [0.1, 0.15) is 0 Å². The third-order valence-electron chi connectivity index (χ3n) is 1.19. The highest BCUT2D eigenvalue weighted by molar-refractivity contribution is 8.00. The summed E-state index contributed by atoms with van der Waals surface area (Å²) in [6.07, 6.45) is 1.89. The minimum atomic E-state index is -2.95. The first-order chi connectivity index (χ1) is 5.27. The Hall–Kier alpha value is 0.260. The molecule has 0 fully saturated rings. The van der Waals surface area contributed by atoms with E-state index < -0.39 is 15.4 Å². The molecule has 0 aliphatic heterocycles. The molecular formula is C7H17NO2S2. The van der Waals surface area contributed by atoms with Crippen molar-refractivity contribution in [3.05, 3.63) is 0 Å². The Morgan fingerprint density at radius 3 is 2.25 bits per heavy atom. The van der Waals surface area contributed by atoms with Crippen molar-refractivity contribution in [3.63, 3.8) is 0 Å². The van der Waals surface area contributed by atoms with Crippen molar-refractivity contribution in [2.24, 2.45) is 5.73 Å². The maximum absolute atomic E-state index is 11.3. The van der Waals surface area contributed by atoms with Gasteiger partial charge in [-0.2, -0.15) is 11.8 Å². The molecule has 0 heterocycles. The summed E-state index contributed by atoms with van der Waals surface area (Å²) in [6.45, 7) is 3.45. The van der Waals surface area contributed by atoms with Gasteiger partial charge in [-0.1, -0.05) is 0 Å². The van der Waals surface area contributed by atoms with Crippen molar-refractivity contribution in [3.8, 4) is 0 Å². The van der Waals surface area contributed by atoms with Gasteiger partial charge in [-0.05, 0) is 20.1 Å². The molecule has 0 aromatic carbocycles. The predicted molar refractivity (Wildman–Crippen MR) is 55.3 cm³/mol. The van der Waals surface area contributed by atoms with Crippen LogP contribution in [0, 0.1) is 0 Å². The Balaban J connectivity index is 4.06. The lowest BCUT2D eigenvalue weighted by Gasteiger charge is -2.17. The summed E-state index contributed by atoms with van der Waals surface area (Å²) in [5, 5.41) is 0. The first-order valence-corrected chi connectivity index (χ1v) is 6.97. The second-order valence-electron chi connectivity index (χ2n) is 3.57. The molecule has 74 valence electrons. The first-order valence-electron chi connectivity index (χ1n) is 3.75. The molecule has 0 atom stereocenters. The number of hydrogen-bond acceptors (Lipinski definition) is 4. The fraction of sp³-hybridized carbons (Fsp3) is 1.00. The van der Waals surface area contributed by atoms with Crippen LogP contribution in [0.4, 0.5) is 0 Å². The number of thioether (sulfide) groups is 1. The Labute approximate surface area is 79.0 Å². The number of hydrogen-bond donors (Lipinski definition) is 1. The van der Waals surface area contributed by atoms with Gasteiger partial charge in [-0.3, -0.25) is 0 Å². The van der Waals surface area contributed by atoms with Crippen molar-refractivity contribution < 1.29 is 8.42 Å². The zero-order valence-electron chi connectivity index (χ0n) is 7.83. The van der Waals surface area contributed by atoms with E-state index in [1.165, 1.54) is 11.8 Å². The summed E-state index contributed by atoms with van der Waals surface area (Å²) >= 11 is 1.53. The average Bonchev–Trinajstić information content (AvgIpc) is 1.78. The van der Waals surface area contributed by atoms with Crippen molar-refractivity contribution in [2.45, 2.75) is 19.4 Å². The maximum Gasteiger partial charge on any atom is 0.152 e. The van der Waals surface area contributed by atoms with Crippen LogP contribution >= 0.6 is 11.8 Å².